The molecule has 1 rings (SSSR count). The molecule has 0 spiro atoms. The maximum absolute atomic E-state index is 10.4. The smallest absolute Gasteiger partial charge is 0.320 e. The van der Waals surface area contributed by atoms with Crippen LogP contribution in [0.4, 0.5) is 0 Å². The van der Waals surface area contributed by atoms with E-state index in [-0.39, 0.29) is 0 Å². The second-order valence-electron chi connectivity index (χ2n) is 2.84. The van der Waals surface area contributed by atoms with E-state index in [1.807, 2.05) is 6.08 Å². The number of imidazole rings is 1. The molecule has 1 aromatic heterocycles. The number of nitrogens with one attached hydrogen (secondary N) is 2. The van der Waals surface area contributed by atoms with Crippen molar-refractivity contribution in [3.63, 3.8) is 0 Å². The van der Waals surface area contributed by atoms with Crippen LogP contribution >= 0.6 is 0 Å². The van der Waals surface area contributed by atoms with Gasteiger partial charge in [0.25, 0.3) is 0 Å². The van der Waals surface area contributed by atoms with E-state index in [9.17, 15) is 4.79 Å². The molecule has 3 N–H and O–H groups in total. The second-order valence-corrected chi connectivity index (χ2v) is 2.84. The van der Waals surface area contributed by atoms with Gasteiger partial charge in [0.2, 0.25) is 0 Å². The fourth-order valence-electron chi connectivity index (χ4n) is 0.871. The summed E-state index contributed by atoms with van der Waals surface area (Å²) in [6.45, 7) is 2.11. The molecule has 76 valence electrons. The predicted molar refractivity (Wildman–Crippen MR) is 52.7 cm³/mol. The SMILES string of the molecule is C[C@H](NCC=Cc1ncc[nH]1)C(=O)O. The van der Waals surface area contributed by atoms with E-state index in [4.69, 9.17) is 5.11 Å². The number of carbonyl (C=O) groups is 1. The largest absolute Gasteiger partial charge is 0.480 e. The molecule has 0 saturated carbocycles. The van der Waals surface area contributed by atoms with Crippen LogP contribution in [0.5, 0.6) is 0 Å². The Balaban J connectivity index is 2.25. The average Bonchev–Trinajstić information content (AvgIpc) is 2.64. The molecule has 0 aliphatic carbocycles. The predicted octanol–water partition coefficient (Wildman–Crippen LogP) is 0.486. The van der Waals surface area contributed by atoms with E-state index in [2.05, 4.69) is 15.3 Å². The third kappa shape index (κ3) is 3.40. The zero-order valence-electron chi connectivity index (χ0n) is 7.90. The summed E-state index contributed by atoms with van der Waals surface area (Å²) in [5.74, 6) is -0.0915. The van der Waals surface area contributed by atoms with Crippen molar-refractivity contribution in [1.82, 2.24) is 15.3 Å². The maximum atomic E-state index is 10.4. The van der Waals surface area contributed by atoms with Crippen LogP contribution in [-0.4, -0.2) is 33.6 Å². The Kier molecular flexibility index (Phi) is 3.87. The number of nitrogens with zero attached hydrogens (tertiary/aromatic N) is 1. The summed E-state index contributed by atoms with van der Waals surface area (Å²) in [5, 5.41) is 11.4. The Bertz CT molecular complexity index is 306. The van der Waals surface area contributed by atoms with E-state index < -0.39 is 12.0 Å². The van der Waals surface area contributed by atoms with Crippen molar-refractivity contribution in [1.29, 1.82) is 0 Å². The zero-order chi connectivity index (χ0) is 10.4. The fraction of sp³-hybridized carbons (Fsp3) is 0.333. The van der Waals surface area contributed by atoms with Crippen molar-refractivity contribution in [2.24, 2.45) is 0 Å². The van der Waals surface area contributed by atoms with Crippen molar-refractivity contribution < 1.29 is 9.90 Å². The molecule has 1 heterocycles. The van der Waals surface area contributed by atoms with Gasteiger partial charge in [0.05, 0.1) is 0 Å². The first kappa shape index (κ1) is 10.5. The van der Waals surface area contributed by atoms with Gasteiger partial charge in [-0.05, 0) is 13.0 Å². The number of carboxylic acids is 1. The van der Waals surface area contributed by atoms with Crippen LogP contribution in [0.3, 0.4) is 0 Å². The van der Waals surface area contributed by atoms with Gasteiger partial charge in [-0.25, -0.2) is 4.98 Å². The van der Waals surface area contributed by atoms with Crippen LogP contribution in [0.2, 0.25) is 0 Å². The number of rotatable bonds is 5. The van der Waals surface area contributed by atoms with Gasteiger partial charge in [-0.3, -0.25) is 4.79 Å². The molecule has 0 radical (unpaired) electrons. The Morgan fingerprint density at radius 3 is 3.21 bits per heavy atom. The summed E-state index contributed by atoms with van der Waals surface area (Å²) < 4.78 is 0. The molecule has 5 nitrogen and oxygen atoms in total. The van der Waals surface area contributed by atoms with Crippen LogP contribution in [0.1, 0.15) is 12.7 Å². The minimum absolute atomic E-state index is 0.508. The lowest BCUT2D eigenvalue weighted by atomic mass is 10.3. The summed E-state index contributed by atoms with van der Waals surface area (Å²) in [5.41, 5.74) is 0. The normalized spacial score (nSPS) is 13.2. The molecule has 0 bridgehead atoms. The van der Waals surface area contributed by atoms with Gasteiger partial charge < -0.3 is 15.4 Å². The number of carboxylic acid groups (broad SMARTS) is 1. The molecule has 0 amide bonds. The Morgan fingerprint density at radius 1 is 1.86 bits per heavy atom. The van der Waals surface area contributed by atoms with Gasteiger partial charge in [-0.15, -0.1) is 0 Å². The molecule has 14 heavy (non-hydrogen) atoms. The summed E-state index contributed by atoms with van der Waals surface area (Å²) >= 11 is 0. The zero-order valence-corrected chi connectivity index (χ0v) is 7.90. The molecular formula is C9H13N3O2. The highest BCUT2D eigenvalue weighted by molar-refractivity contribution is 5.72. The first-order chi connectivity index (χ1) is 6.70. The van der Waals surface area contributed by atoms with Crippen molar-refractivity contribution in [2.45, 2.75) is 13.0 Å². The number of hydrogen-bond donors (Lipinski definition) is 3. The highest BCUT2D eigenvalue weighted by atomic mass is 16.4. The maximum Gasteiger partial charge on any atom is 0.320 e. The summed E-state index contributed by atoms with van der Waals surface area (Å²) in [6.07, 6.45) is 7.00. The van der Waals surface area contributed by atoms with Gasteiger partial charge >= 0.3 is 5.97 Å². The van der Waals surface area contributed by atoms with E-state index >= 15 is 0 Å². The highest BCUT2D eigenvalue weighted by Gasteiger charge is 2.06. The monoisotopic (exact) mass is 195 g/mol. The van der Waals surface area contributed by atoms with E-state index in [0.717, 1.165) is 5.82 Å². The molecule has 0 fully saturated rings. The van der Waals surface area contributed by atoms with Gasteiger partial charge in [-0.1, -0.05) is 6.08 Å². The minimum atomic E-state index is -0.851. The molecular weight excluding hydrogens is 182 g/mol. The Labute approximate surface area is 81.9 Å². The topological polar surface area (TPSA) is 78.0 Å². The van der Waals surface area contributed by atoms with Crippen LogP contribution in [-0.2, 0) is 4.79 Å². The Hall–Kier alpha value is -1.62. The lowest BCUT2D eigenvalue weighted by molar-refractivity contribution is -0.138. The molecule has 0 unspecified atom stereocenters. The molecule has 5 heteroatoms. The Morgan fingerprint density at radius 2 is 2.64 bits per heavy atom. The van der Waals surface area contributed by atoms with Crippen molar-refractivity contribution in [2.75, 3.05) is 6.54 Å². The minimum Gasteiger partial charge on any atom is -0.480 e. The van der Waals surface area contributed by atoms with E-state index in [0.29, 0.717) is 6.54 Å². The number of hydrogen-bond acceptors (Lipinski definition) is 3. The van der Waals surface area contributed by atoms with Crippen LogP contribution in [0.25, 0.3) is 6.08 Å². The first-order valence-corrected chi connectivity index (χ1v) is 4.32. The van der Waals surface area contributed by atoms with Crippen LogP contribution in [0.15, 0.2) is 18.5 Å². The lowest BCUT2D eigenvalue weighted by Crippen LogP contribution is -2.33. The number of H-pyrrole nitrogens is 1. The van der Waals surface area contributed by atoms with Gasteiger partial charge in [0.1, 0.15) is 11.9 Å². The quantitative estimate of drug-likeness (QED) is 0.638. The number of aliphatic carboxylic acids is 1. The van der Waals surface area contributed by atoms with Crippen molar-refractivity contribution in [3.05, 3.63) is 24.3 Å². The second kappa shape index (κ2) is 5.18. The van der Waals surface area contributed by atoms with Crippen LogP contribution in [0, 0.1) is 0 Å². The van der Waals surface area contributed by atoms with Crippen LogP contribution < -0.4 is 5.32 Å². The van der Waals surface area contributed by atoms with Gasteiger partial charge in [0.15, 0.2) is 0 Å². The molecule has 0 aliphatic rings. The number of aromatic amines is 1. The van der Waals surface area contributed by atoms with E-state index in [1.165, 1.54) is 0 Å². The third-order valence-corrected chi connectivity index (χ3v) is 1.71. The lowest BCUT2D eigenvalue weighted by Gasteiger charge is -2.04. The standard InChI is InChI=1S/C9H13N3O2/c1-7(9(13)14)10-4-2-3-8-11-5-6-12-8/h2-3,5-7,10H,4H2,1H3,(H,11,12)(H,13,14)/t7-/m0/s1. The van der Waals surface area contributed by atoms with Crippen molar-refractivity contribution >= 4 is 12.0 Å². The molecule has 0 aromatic carbocycles. The van der Waals surface area contributed by atoms with Crippen molar-refractivity contribution in [3.8, 4) is 0 Å². The summed E-state index contributed by atoms with van der Waals surface area (Å²) in [7, 11) is 0. The molecule has 1 atom stereocenters. The summed E-state index contributed by atoms with van der Waals surface area (Å²) in [4.78, 5) is 17.3. The highest BCUT2D eigenvalue weighted by Crippen LogP contribution is 1.90. The van der Waals surface area contributed by atoms with E-state index in [1.54, 1.807) is 25.4 Å². The molecule has 1 aromatic rings. The fourth-order valence-corrected chi connectivity index (χ4v) is 0.871. The molecule has 0 saturated heterocycles. The third-order valence-electron chi connectivity index (χ3n) is 1.71. The first-order valence-electron chi connectivity index (χ1n) is 4.32. The number of aromatic nitrogens is 2. The van der Waals surface area contributed by atoms with Gasteiger partial charge in [0, 0.05) is 18.9 Å². The summed E-state index contributed by atoms with van der Waals surface area (Å²) in [6, 6.07) is -0.531. The average molecular weight is 195 g/mol. The molecule has 0 aliphatic heterocycles. The van der Waals surface area contributed by atoms with Gasteiger partial charge in [-0.2, -0.15) is 0 Å².